The summed E-state index contributed by atoms with van der Waals surface area (Å²) in [6.07, 6.45) is 5.97. The molecule has 1 saturated heterocycles. The van der Waals surface area contributed by atoms with Gasteiger partial charge in [-0.05, 0) is 19.9 Å². The van der Waals surface area contributed by atoms with E-state index in [9.17, 15) is 9.59 Å². The third-order valence-electron chi connectivity index (χ3n) is 3.60. The van der Waals surface area contributed by atoms with E-state index < -0.39 is 5.54 Å². The molecule has 0 aliphatic carbocycles. The van der Waals surface area contributed by atoms with Gasteiger partial charge in [-0.15, -0.1) is 0 Å². The maximum atomic E-state index is 12.5. The lowest BCUT2D eigenvalue weighted by atomic mass is 9.90. The van der Waals surface area contributed by atoms with Gasteiger partial charge in [-0.3, -0.25) is 19.6 Å². The lowest BCUT2D eigenvalue weighted by Crippen LogP contribution is -2.56. The van der Waals surface area contributed by atoms with Crippen LogP contribution >= 0.6 is 0 Å². The largest absolute Gasteiger partial charge is 0.357 e. The average Bonchev–Trinajstić information content (AvgIpc) is 2.93. The quantitative estimate of drug-likeness (QED) is 0.757. The molecule has 2 rings (SSSR count). The molecule has 0 spiro atoms. The summed E-state index contributed by atoms with van der Waals surface area (Å²) in [5.74, 6) is -0.334. The molecule has 1 atom stereocenters. The van der Waals surface area contributed by atoms with Crippen molar-refractivity contribution < 1.29 is 9.59 Å². The Labute approximate surface area is 117 Å². The fourth-order valence-electron chi connectivity index (χ4n) is 2.74. The number of nitrogens with one attached hydrogen (secondary N) is 2. The van der Waals surface area contributed by atoms with Gasteiger partial charge < -0.3 is 15.5 Å². The molecular formula is C13H19N5O2. The predicted molar refractivity (Wildman–Crippen MR) is 72.7 cm³/mol. The molecule has 0 bridgehead atoms. The smallest absolute Gasteiger partial charge is 0.252 e. The second-order valence-corrected chi connectivity index (χ2v) is 4.71. The van der Waals surface area contributed by atoms with Crippen LogP contribution in [-0.4, -0.2) is 53.9 Å². The van der Waals surface area contributed by atoms with Gasteiger partial charge in [0.2, 0.25) is 5.91 Å². The summed E-state index contributed by atoms with van der Waals surface area (Å²) in [4.78, 5) is 34.6. The first-order chi connectivity index (χ1) is 9.66. The molecule has 0 aromatic carbocycles. The highest BCUT2D eigenvalue weighted by Crippen LogP contribution is 2.37. The topological polar surface area (TPSA) is 87.2 Å². The molecule has 0 saturated carbocycles. The van der Waals surface area contributed by atoms with Crippen LogP contribution in [0.3, 0.4) is 0 Å². The zero-order valence-electron chi connectivity index (χ0n) is 11.7. The van der Waals surface area contributed by atoms with Crippen molar-refractivity contribution >= 4 is 11.8 Å². The van der Waals surface area contributed by atoms with Gasteiger partial charge in [-0.1, -0.05) is 0 Å². The number of amides is 2. The van der Waals surface area contributed by atoms with Crippen molar-refractivity contribution in [3.8, 4) is 0 Å². The Morgan fingerprint density at radius 1 is 1.40 bits per heavy atom. The van der Waals surface area contributed by atoms with Crippen molar-refractivity contribution in [1.82, 2.24) is 25.5 Å². The number of carbonyl (C=O) groups excluding carboxylic acids is 2. The molecule has 1 aromatic heterocycles. The molecular weight excluding hydrogens is 258 g/mol. The predicted octanol–water partition coefficient (Wildman–Crippen LogP) is -0.740. The van der Waals surface area contributed by atoms with E-state index in [0.29, 0.717) is 18.7 Å². The number of carbonyl (C=O) groups is 2. The van der Waals surface area contributed by atoms with Gasteiger partial charge in [0.15, 0.2) is 5.54 Å². The van der Waals surface area contributed by atoms with Crippen LogP contribution < -0.4 is 10.6 Å². The highest BCUT2D eigenvalue weighted by atomic mass is 16.2. The van der Waals surface area contributed by atoms with Crippen molar-refractivity contribution in [2.24, 2.45) is 0 Å². The molecule has 7 nitrogen and oxygen atoms in total. The van der Waals surface area contributed by atoms with Gasteiger partial charge in [0.05, 0.1) is 18.4 Å². The molecule has 2 heterocycles. The summed E-state index contributed by atoms with van der Waals surface area (Å²) in [5, 5.41) is 5.48. The van der Waals surface area contributed by atoms with Crippen LogP contribution in [0.15, 0.2) is 18.6 Å². The van der Waals surface area contributed by atoms with Crippen molar-refractivity contribution in [3.05, 3.63) is 24.3 Å². The van der Waals surface area contributed by atoms with Gasteiger partial charge in [-0.25, -0.2) is 0 Å². The number of hydrogen-bond donors (Lipinski definition) is 2. The van der Waals surface area contributed by atoms with Crippen LogP contribution in [0.25, 0.3) is 0 Å². The third-order valence-corrected chi connectivity index (χ3v) is 3.60. The molecule has 20 heavy (non-hydrogen) atoms. The van der Waals surface area contributed by atoms with Crippen LogP contribution in [-0.2, 0) is 15.1 Å². The average molecular weight is 277 g/mol. The standard InChI is InChI=1S/C13H19N5O2/c1-14-9-11(19)18-7-3-4-13(18,12(20)15-2)10-8-16-5-6-17-10/h5-6,8,14H,3-4,7,9H2,1-2H3,(H,15,20)/t13-/m0/s1. The fourth-order valence-corrected chi connectivity index (χ4v) is 2.74. The van der Waals surface area contributed by atoms with E-state index in [1.54, 1.807) is 37.6 Å². The van der Waals surface area contributed by atoms with Crippen molar-refractivity contribution in [2.45, 2.75) is 18.4 Å². The Bertz CT molecular complexity index is 493. The van der Waals surface area contributed by atoms with Crippen molar-refractivity contribution in [3.63, 3.8) is 0 Å². The van der Waals surface area contributed by atoms with Crippen LogP contribution in [0, 0.1) is 0 Å². The lowest BCUT2D eigenvalue weighted by molar-refractivity contribution is -0.145. The Morgan fingerprint density at radius 3 is 2.80 bits per heavy atom. The van der Waals surface area contributed by atoms with Crippen LogP contribution in [0.2, 0.25) is 0 Å². The number of likely N-dealkylation sites (N-methyl/N-ethyl adjacent to an activating group) is 2. The number of rotatable bonds is 4. The fraction of sp³-hybridized carbons (Fsp3) is 0.538. The minimum absolute atomic E-state index is 0.112. The molecule has 0 unspecified atom stereocenters. The maximum absolute atomic E-state index is 12.5. The van der Waals surface area contributed by atoms with Crippen LogP contribution in [0.4, 0.5) is 0 Å². The zero-order valence-corrected chi connectivity index (χ0v) is 11.7. The summed E-state index contributed by atoms with van der Waals surface area (Å²) in [6.45, 7) is 0.740. The summed E-state index contributed by atoms with van der Waals surface area (Å²) < 4.78 is 0. The number of hydrogen-bond acceptors (Lipinski definition) is 5. The van der Waals surface area contributed by atoms with E-state index >= 15 is 0 Å². The van der Waals surface area contributed by atoms with E-state index in [0.717, 1.165) is 6.42 Å². The van der Waals surface area contributed by atoms with Gasteiger partial charge in [0.25, 0.3) is 5.91 Å². The first kappa shape index (κ1) is 14.4. The molecule has 1 aromatic rings. The second kappa shape index (κ2) is 5.96. The van der Waals surface area contributed by atoms with Crippen molar-refractivity contribution in [1.29, 1.82) is 0 Å². The molecule has 2 N–H and O–H groups in total. The summed E-state index contributed by atoms with van der Waals surface area (Å²) in [7, 11) is 3.28. The van der Waals surface area contributed by atoms with Crippen LogP contribution in [0.1, 0.15) is 18.5 Å². The van der Waals surface area contributed by atoms with Gasteiger partial charge in [0, 0.05) is 26.0 Å². The van der Waals surface area contributed by atoms with Gasteiger partial charge >= 0.3 is 0 Å². The SMILES string of the molecule is CNCC(=O)N1CCC[C@@]1(C(=O)NC)c1cnccn1. The first-order valence-corrected chi connectivity index (χ1v) is 6.60. The second-order valence-electron chi connectivity index (χ2n) is 4.71. The van der Waals surface area contributed by atoms with Crippen molar-refractivity contribution in [2.75, 3.05) is 27.2 Å². The van der Waals surface area contributed by atoms with E-state index in [2.05, 4.69) is 20.6 Å². The minimum Gasteiger partial charge on any atom is -0.357 e. The summed E-state index contributed by atoms with van der Waals surface area (Å²) in [6, 6.07) is 0. The molecule has 108 valence electrons. The molecule has 0 radical (unpaired) electrons. The van der Waals surface area contributed by atoms with Gasteiger partial charge in [-0.2, -0.15) is 0 Å². The van der Waals surface area contributed by atoms with E-state index in [1.165, 1.54) is 0 Å². The number of likely N-dealkylation sites (tertiary alicyclic amines) is 1. The summed E-state index contributed by atoms with van der Waals surface area (Å²) >= 11 is 0. The highest BCUT2D eigenvalue weighted by molar-refractivity contribution is 5.93. The van der Waals surface area contributed by atoms with E-state index in [1.807, 2.05) is 0 Å². The molecule has 1 aliphatic rings. The van der Waals surface area contributed by atoms with E-state index in [-0.39, 0.29) is 18.4 Å². The lowest BCUT2D eigenvalue weighted by Gasteiger charge is -2.36. The molecule has 1 fully saturated rings. The first-order valence-electron chi connectivity index (χ1n) is 6.60. The molecule has 2 amide bonds. The van der Waals surface area contributed by atoms with Gasteiger partial charge in [0.1, 0.15) is 0 Å². The Balaban J connectivity index is 2.46. The Morgan fingerprint density at radius 2 is 2.20 bits per heavy atom. The zero-order chi connectivity index (χ0) is 14.6. The molecule has 7 heteroatoms. The summed E-state index contributed by atoms with van der Waals surface area (Å²) in [5.41, 5.74) is -0.530. The maximum Gasteiger partial charge on any atom is 0.252 e. The number of nitrogens with zero attached hydrogens (tertiary/aromatic N) is 3. The monoisotopic (exact) mass is 277 g/mol. The minimum atomic E-state index is -1.04. The Hall–Kier alpha value is -2.02. The number of aromatic nitrogens is 2. The van der Waals surface area contributed by atoms with E-state index in [4.69, 9.17) is 0 Å². The third kappa shape index (κ3) is 2.24. The molecule has 1 aliphatic heterocycles. The van der Waals surface area contributed by atoms with Crippen LogP contribution in [0.5, 0.6) is 0 Å². The normalized spacial score (nSPS) is 21.8. The Kier molecular flexibility index (Phi) is 4.29. The highest BCUT2D eigenvalue weighted by Gasteiger charge is 2.51.